The number of rotatable bonds is 5. The van der Waals surface area contributed by atoms with Gasteiger partial charge in [0.05, 0.1) is 22.1 Å². The summed E-state index contributed by atoms with van der Waals surface area (Å²) < 4.78 is 24.6. The third-order valence-corrected chi connectivity index (χ3v) is 4.93. The topological polar surface area (TPSA) is 101 Å². The molecule has 1 heterocycles. The molecule has 0 saturated heterocycles. The third kappa shape index (κ3) is 4.94. The SMILES string of the molecule is CNS(=O)(=O)CCNC(=O)c1cc(C)c(C#CCN)s1. The largest absolute Gasteiger partial charge is 0.350 e. The predicted molar refractivity (Wildman–Crippen MR) is 80.2 cm³/mol. The summed E-state index contributed by atoms with van der Waals surface area (Å²) in [4.78, 5) is 13.2. The van der Waals surface area contributed by atoms with E-state index in [1.165, 1.54) is 18.4 Å². The number of sulfonamides is 1. The third-order valence-electron chi connectivity index (χ3n) is 2.41. The Labute approximate surface area is 122 Å². The van der Waals surface area contributed by atoms with Crippen LogP contribution in [0.1, 0.15) is 20.1 Å². The number of aryl methyl sites for hydroxylation is 1. The first-order valence-corrected chi connectivity index (χ1v) is 8.35. The molecule has 0 bridgehead atoms. The summed E-state index contributed by atoms with van der Waals surface area (Å²) in [7, 11) is -1.97. The second kappa shape index (κ2) is 7.40. The molecule has 8 heteroatoms. The van der Waals surface area contributed by atoms with E-state index in [4.69, 9.17) is 5.73 Å². The molecule has 0 aliphatic rings. The van der Waals surface area contributed by atoms with E-state index in [2.05, 4.69) is 21.9 Å². The number of hydrogen-bond donors (Lipinski definition) is 3. The van der Waals surface area contributed by atoms with Gasteiger partial charge in [-0.05, 0) is 25.6 Å². The van der Waals surface area contributed by atoms with Gasteiger partial charge in [-0.25, -0.2) is 13.1 Å². The van der Waals surface area contributed by atoms with Crippen LogP contribution in [0.15, 0.2) is 6.07 Å². The molecule has 0 radical (unpaired) electrons. The van der Waals surface area contributed by atoms with Gasteiger partial charge in [-0.3, -0.25) is 4.79 Å². The van der Waals surface area contributed by atoms with Crippen LogP contribution in [0.5, 0.6) is 0 Å². The van der Waals surface area contributed by atoms with Crippen LogP contribution in [-0.4, -0.2) is 40.2 Å². The van der Waals surface area contributed by atoms with Gasteiger partial charge in [-0.15, -0.1) is 11.3 Å². The number of nitrogens with two attached hydrogens (primary N) is 1. The smallest absolute Gasteiger partial charge is 0.261 e. The number of hydrogen-bond acceptors (Lipinski definition) is 5. The van der Waals surface area contributed by atoms with Crippen molar-refractivity contribution < 1.29 is 13.2 Å². The summed E-state index contributed by atoms with van der Waals surface area (Å²) >= 11 is 1.26. The molecular weight excluding hydrogens is 298 g/mol. The fourth-order valence-corrected chi connectivity index (χ4v) is 2.88. The van der Waals surface area contributed by atoms with Gasteiger partial charge in [0.2, 0.25) is 10.0 Å². The molecule has 20 heavy (non-hydrogen) atoms. The minimum atomic E-state index is -3.31. The Morgan fingerprint density at radius 1 is 1.50 bits per heavy atom. The van der Waals surface area contributed by atoms with E-state index in [1.807, 2.05) is 6.92 Å². The van der Waals surface area contributed by atoms with Crippen molar-refractivity contribution in [3.05, 3.63) is 21.4 Å². The lowest BCUT2D eigenvalue weighted by molar-refractivity contribution is 0.0960. The normalized spacial score (nSPS) is 10.8. The fraction of sp³-hybridized carbons (Fsp3) is 0.417. The fourth-order valence-electron chi connectivity index (χ4n) is 1.34. The van der Waals surface area contributed by atoms with Gasteiger partial charge >= 0.3 is 0 Å². The van der Waals surface area contributed by atoms with Crippen molar-refractivity contribution in [1.29, 1.82) is 0 Å². The van der Waals surface area contributed by atoms with Crippen LogP contribution in [0.4, 0.5) is 0 Å². The van der Waals surface area contributed by atoms with Crippen LogP contribution in [0.3, 0.4) is 0 Å². The number of carbonyl (C=O) groups is 1. The zero-order valence-corrected chi connectivity index (χ0v) is 13.0. The summed E-state index contributed by atoms with van der Waals surface area (Å²) in [6.07, 6.45) is 0. The maximum Gasteiger partial charge on any atom is 0.261 e. The molecule has 0 saturated carbocycles. The average molecular weight is 315 g/mol. The van der Waals surface area contributed by atoms with Gasteiger partial charge in [0.25, 0.3) is 5.91 Å². The molecule has 0 unspecified atom stereocenters. The van der Waals surface area contributed by atoms with Crippen molar-refractivity contribution in [3.63, 3.8) is 0 Å². The van der Waals surface area contributed by atoms with Crippen LogP contribution in [-0.2, 0) is 10.0 Å². The van der Waals surface area contributed by atoms with Gasteiger partial charge in [0.15, 0.2) is 0 Å². The molecule has 1 aromatic heterocycles. The van der Waals surface area contributed by atoms with Crippen molar-refractivity contribution in [2.24, 2.45) is 5.73 Å². The van der Waals surface area contributed by atoms with Crippen LogP contribution in [0, 0.1) is 18.8 Å². The number of carbonyl (C=O) groups excluding carboxylic acids is 1. The summed E-state index contributed by atoms with van der Waals surface area (Å²) in [6.45, 7) is 2.18. The van der Waals surface area contributed by atoms with Crippen LogP contribution >= 0.6 is 11.3 Å². The van der Waals surface area contributed by atoms with E-state index in [1.54, 1.807) is 6.07 Å². The van der Waals surface area contributed by atoms with Gasteiger partial charge in [0, 0.05) is 6.54 Å². The minimum absolute atomic E-state index is 0.0583. The van der Waals surface area contributed by atoms with E-state index in [0.717, 1.165) is 10.4 Å². The Balaban J connectivity index is 2.65. The lowest BCUT2D eigenvalue weighted by Gasteiger charge is -2.03. The minimum Gasteiger partial charge on any atom is -0.350 e. The highest BCUT2D eigenvalue weighted by Crippen LogP contribution is 2.20. The molecule has 0 atom stereocenters. The standard InChI is InChI=1S/C12H17N3O3S2/c1-9-8-11(19-10(9)4-3-5-13)12(16)15-6-7-20(17,18)14-2/h8,14H,5-7,13H2,1-2H3,(H,15,16). The van der Waals surface area contributed by atoms with Crippen LogP contribution in [0.25, 0.3) is 0 Å². The van der Waals surface area contributed by atoms with Gasteiger partial charge in [-0.2, -0.15) is 0 Å². The van der Waals surface area contributed by atoms with Crippen molar-refractivity contribution >= 4 is 27.3 Å². The van der Waals surface area contributed by atoms with Crippen molar-refractivity contribution in [2.45, 2.75) is 6.92 Å². The number of thiophene rings is 1. The van der Waals surface area contributed by atoms with Crippen LogP contribution < -0.4 is 15.8 Å². The molecule has 0 aromatic carbocycles. The first-order valence-electron chi connectivity index (χ1n) is 5.88. The molecular formula is C12H17N3O3S2. The van der Waals surface area contributed by atoms with Crippen molar-refractivity contribution in [1.82, 2.24) is 10.0 Å². The summed E-state index contributed by atoms with van der Waals surface area (Å²) in [5, 5.41) is 2.57. The Morgan fingerprint density at radius 2 is 2.20 bits per heavy atom. The van der Waals surface area contributed by atoms with Gasteiger partial charge < -0.3 is 11.1 Å². The van der Waals surface area contributed by atoms with Gasteiger partial charge in [0.1, 0.15) is 0 Å². The average Bonchev–Trinajstić information content (AvgIpc) is 2.77. The zero-order chi connectivity index (χ0) is 15.2. The first-order chi connectivity index (χ1) is 9.39. The second-order valence-electron chi connectivity index (χ2n) is 3.91. The highest BCUT2D eigenvalue weighted by molar-refractivity contribution is 7.89. The summed E-state index contributed by atoms with van der Waals surface area (Å²) in [5.41, 5.74) is 6.21. The Hall–Kier alpha value is -1.40. The summed E-state index contributed by atoms with van der Waals surface area (Å²) in [5.74, 6) is 5.18. The maximum atomic E-state index is 11.9. The molecule has 0 aliphatic heterocycles. The van der Waals surface area contributed by atoms with E-state index in [9.17, 15) is 13.2 Å². The first kappa shape index (κ1) is 16.7. The molecule has 6 nitrogen and oxygen atoms in total. The molecule has 1 aromatic rings. The molecule has 0 aliphatic carbocycles. The van der Waals surface area contributed by atoms with E-state index in [0.29, 0.717) is 4.88 Å². The number of nitrogens with one attached hydrogen (secondary N) is 2. The summed E-state index contributed by atoms with van der Waals surface area (Å²) in [6, 6.07) is 1.73. The lowest BCUT2D eigenvalue weighted by atomic mass is 10.2. The molecule has 1 amide bonds. The molecule has 4 N–H and O–H groups in total. The van der Waals surface area contributed by atoms with Crippen molar-refractivity contribution in [3.8, 4) is 11.8 Å². The molecule has 0 fully saturated rings. The zero-order valence-electron chi connectivity index (χ0n) is 11.3. The Morgan fingerprint density at radius 3 is 2.80 bits per heavy atom. The highest BCUT2D eigenvalue weighted by atomic mass is 32.2. The van der Waals surface area contributed by atoms with E-state index in [-0.39, 0.29) is 24.7 Å². The Bertz CT molecular complexity index is 639. The number of amides is 1. The lowest BCUT2D eigenvalue weighted by Crippen LogP contribution is -2.32. The van der Waals surface area contributed by atoms with Crippen LogP contribution in [0.2, 0.25) is 0 Å². The second-order valence-corrected chi connectivity index (χ2v) is 7.01. The molecule has 110 valence electrons. The van der Waals surface area contributed by atoms with E-state index < -0.39 is 10.0 Å². The quantitative estimate of drug-likeness (QED) is 0.646. The van der Waals surface area contributed by atoms with E-state index >= 15 is 0 Å². The molecule has 1 rings (SSSR count). The molecule has 0 spiro atoms. The monoisotopic (exact) mass is 315 g/mol. The van der Waals surface area contributed by atoms with Gasteiger partial charge in [-0.1, -0.05) is 11.8 Å². The highest BCUT2D eigenvalue weighted by Gasteiger charge is 2.13. The predicted octanol–water partition coefficient (Wildman–Crippen LogP) is -0.354. The Kier molecular flexibility index (Phi) is 6.16. The maximum absolute atomic E-state index is 11.9. The van der Waals surface area contributed by atoms with Crippen molar-refractivity contribution in [2.75, 3.05) is 25.9 Å².